The van der Waals surface area contributed by atoms with Gasteiger partial charge in [-0.15, -0.1) is 13.2 Å². The molecule has 1 heterocycles. The number of rotatable bonds is 8. The van der Waals surface area contributed by atoms with Gasteiger partial charge in [0.2, 0.25) is 0 Å². The third-order valence-electron chi connectivity index (χ3n) is 4.14. The second kappa shape index (κ2) is 9.02. The number of halogens is 5. The van der Waals surface area contributed by atoms with Crippen molar-refractivity contribution < 1.29 is 41.4 Å². The standard InChI is InChI=1S/C20H15F5N2O4/c21-6-7-30-26-17(12-2-1-3-14(8-12)31-20(23,24)25)11-27-10-16(19(28)29)15-9-13(22)4-5-18(15)27/h1-5,8-10H,6-7,11H2,(H,28,29). The first-order valence-corrected chi connectivity index (χ1v) is 8.80. The molecule has 0 saturated carbocycles. The fourth-order valence-electron chi connectivity index (χ4n) is 2.94. The molecule has 3 aromatic rings. The average Bonchev–Trinajstić information content (AvgIpc) is 3.04. The molecule has 0 amide bonds. The molecule has 0 aliphatic carbocycles. The number of ether oxygens (including phenoxy) is 1. The summed E-state index contributed by atoms with van der Waals surface area (Å²) in [4.78, 5) is 16.4. The number of carboxylic acid groups (broad SMARTS) is 1. The van der Waals surface area contributed by atoms with Crippen LogP contribution < -0.4 is 4.74 Å². The van der Waals surface area contributed by atoms with Crippen molar-refractivity contribution in [1.82, 2.24) is 4.57 Å². The van der Waals surface area contributed by atoms with E-state index in [0.717, 1.165) is 24.3 Å². The average molecular weight is 442 g/mol. The van der Waals surface area contributed by atoms with Gasteiger partial charge in [-0.1, -0.05) is 17.3 Å². The minimum atomic E-state index is -4.91. The van der Waals surface area contributed by atoms with Gasteiger partial charge in [0.25, 0.3) is 0 Å². The third kappa shape index (κ3) is 5.50. The number of alkyl halides is 4. The minimum Gasteiger partial charge on any atom is -0.478 e. The van der Waals surface area contributed by atoms with Gasteiger partial charge < -0.3 is 19.2 Å². The van der Waals surface area contributed by atoms with Gasteiger partial charge in [0.05, 0.1) is 12.1 Å². The lowest BCUT2D eigenvalue weighted by molar-refractivity contribution is -0.274. The molecule has 1 aromatic heterocycles. The molecule has 0 bridgehead atoms. The summed E-state index contributed by atoms with van der Waals surface area (Å²) >= 11 is 0. The molecule has 0 aliphatic heterocycles. The van der Waals surface area contributed by atoms with Crippen molar-refractivity contribution in [3.63, 3.8) is 0 Å². The first-order valence-electron chi connectivity index (χ1n) is 8.80. The molecule has 164 valence electrons. The highest BCUT2D eigenvalue weighted by molar-refractivity contribution is 6.05. The van der Waals surface area contributed by atoms with Crippen LogP contribution in [0.5, 0.6) is 5.75 Å². The zero-order valence-electron chi connectivity index (χ0n) is 15.7. The van der Waals surface area contributed by atoms with Crippen molar-refractivity contribution in [3.8, 4) is 5.75 Å². The van der Waals surface area contributed by atoms with Gasteiger partial charge in [-0.3, -0.25) is 0 Å². The highest BCUT2D eigenvalue weighted by Gasteiger charge is 2.31. The van der Waals surface area contributed by atoms with Crippen LogP contribution in [0.1, 0.15) is 15.9 Å². The summed E-state index contributed by atoms with van der Waals surface area (Å²) in [5.74, 6) is -2.43. The highest BCUT2D eigenvalue weighted by atomic mass is 19.4. The van der Waals surface area contributed by atoms with Gasteiger partial charge in [0.1, 0.15) is 30.6 Å². The molecular weight excluding hydrogens is 427 g/mol. The van der Waals surface area contributed by atoms with E-state index in [1.165, 1.54) is 29.0 Å². The third-order valence-corrected chi connectivity index (χ3v) is 4.14. The second-order valence-corrected chi connectivity index (χ2v) is 6.27. The van der Waals surface area contributed by atoms with Crippen LogP contribution in [-0.4, -0.2) is 41.0 Å². The fourth-order valence-corrected chi connectivity index (χ4v) is 2.94. The number of carbonyl (C=O) groups is 1. The molecule has 0 atom stereocenters. The molecule has 0 aliphatic rings. The quantitative estimate of drug-likeness (QED) is 0.236. The van der Waals surface area contributed by atoms with Gasteiger partial charge in [-0.25, -0.2) is 13.6 Å². The molecular formula is C20H15F5N2O4. The van der Waals surface area contributed by atoms with Crippen molar-refractivity contribution in [3.05, 3.63) is 65.6 Å². The van der Waals surface area contributed by atoms with E-state index in [0.29, 0.717) is 5.52 Å². The molecule has 3 rings (SSSR count). The van der Waals surface area contributed by atoms with Crippen molar-refractivity contribution in [2.24, 2.45) is 5.16 Å². The summed E-state index contributed by atoms with van der Waals surface area (Å²) in [5, 5.41) is 13.3. The zero-order chi connectivity index (χ0) is 22.6. The number of nitrogens with zero attached hydrogens (tertiary/aromatic N) is 2. The minimum absolute atomic E-state index is 0.0687. The maximum Gasteiger partial charge on any atom is 0.573 e. The molecule has 31 heavy (non-hydrogen) atoms. The number of aromatic carboxylic acids is 1. The summed E-state index contributed by atoms with van der Waals surface area (Å²) in [5.41, 5.74) is 0.410. The monoisotopic (exact) mass is 442 g/mol. The van der Waals surface area contributed by atoms with E-state index in [9.17, 15) is 31.9 Å². The Morgan fingerprint density at radius 3 is 2.61 bits per heavy atom. The number of aromatic nitrogens is 1. The molecule has 2 aromatic carbocycles. The number of carboxylic acids is 1. The number of benzene rings is 2. The van der Waals surface area contributed by atoms with E-state index in [2.05, 4.69) is 9.89 Å². The van der Waals surface area contributed by atoms with Gasteiger partial charge in [0, 0.05) is 22.7 Å². The Hall–Kier alpha value is -3.63. The lowest BCUT2D eigenvalue weighted by atomic mass is 10.1. The van der Waals surface area contributed by atoms with Crippen LogP contribution in [0.3, 0.4) is 0 Å². The van der Waals surface area contributed by atoms with Crippen molar-refractivity contribution in [1.29, 1.82) is 0 Å². The van der Waals surface area contributed by atoms with E-state index >= 15 is 0 Å². The highest BCUT2D eigenvalue weighted by Crippen LogP contribution is 2.26. The summed E-state index contributed by atoms with van der Waals surface area (Å²) in [6.07, 6.45) is -3.66. The van der Waals surface area contributed by atoms with Crippen molar-refractivity contribution >= 4 is 22.6 Å². The van der Waals surface area contributed by atoms with Gasteiger partial charge in [-0.2, -0.15) is 0 Å². The van der Waals surface area contributed by atoms with E-state index in [-0.39, 0.29) is 35.4 Å². The zero-order valence-corrected chi connectivity index (χ0v) is 15.7. The van der Waals surface area contributed by atoms with Crippen LogP contribution in [0, 0.1) is 5.82 Å². The molecule has 11 heteroatoms. The Kier molecular flexibility index (Phi) is 6.42. The van der Waals surface area contributed by atoms with E-state index < -0.39 is 30.6 Å². The number of hydrogen-bond donors (Lipinski definition) is 1. The number of hydrogen-bond acceptors (Lipinski definition) is 4. The Bertz CT molecular complexity index is 1120. The summed E-state index contributed by atoms with van der Waals surface area (Å²) in [7, 11) is 0. The smallest absolute Gasteiger partial charge is 0.478 e. The van der Waals surface area contributed by atoms with Gasteiger partial charge in [-0.05, 0) is 30.3 Å². The van der Waals surface area contributed by atoms with E-state index in [1.54, 1.807) is 0 Å². The molecule has 1 N–H and O–H groups in total. The van der Waals surface area contributed by atoms with Crippen LogP contribution in [0.15, 0.2) is 53.8 Å². The lowest BCUT2D eigenvalue weighted by Crippen LogP contribution is -2.18. The van der Waals surface area contributed by atoms with Crippen LogP contribution in [0.4, 0.5) is 22.0 Å². The van der Waals surface area contributed by atoms with Crippen LogP contribution >= 0.6 is 0 Å². The van der Waals surface area contributed by atoms with Crippen LogP contribution in [0.25, 0.3) is 10.9 Å². The Balaban J connectivity index is 2.03. The second-order valence-electron chi connectivity index (χ2n) is 6.27. The lowest BCUT2D eigenvalue weighted by Gasteiger charge is -2.12. The number of oxime groups is 1. The molecule has 0 saturated heterocycles. The predicted octanol–water partition coefficient (Wildman–Crippen LogP) is 4.77. The maximum atomic E-state index is 13.6. The maximum absolute atomic E-state index is 13.6. The Morgan fingerprint density at radius 2 is 1.94 bits per heavy atom. The van der Waals surface area contributed by atoms with Crippen molar-refractivity contribution in [2.45, 2.75) is 12.9 Å². The van der Waals surface area contributed by atoms with Crippen LogP contribution in [-0.2, 0) is 11.4 Å². The summed E-state index contributed by atoms with van der Waals surface area (Å²) in [6, 6.07) is 8.45. The number of fused-ring (bicyclic) bond motifs is 1. The Morgan fingerprint density at radius 1 is 1.16 bits per heavy atom. The Labute approximate surface area is 172 Å². The summed E-state index contributed by atoms with van der Waals surface area (Å²) in [6.45, 7) is -1.39. The molecule has 0 spiro atoms. The first-order chi connectivity index (χ1) is 14.7. The predicted molar refractivity (Wildman–Crippen MR) is 100 cm³/mol. The van der Waals surface area contributed by atoms with Crippen LogP contribution in [0.2, 0.25) is 0 Å². The molecule has 0 unspecified atom stereocenters. The fraction of sp³-hybridized carbons (Fsp3) is 0.200. The molecule has 6 nitrogen and oxygen atoms in total. The topological polar surface area (TPSA) is 73.0 Å². The van der Waals surface area contributed by atoms with E-state index in [4.69, 9.17) is 4.84 Å². The van der Waals surface area contributed by atoms with Gasteiger partial charge >= 0.3 is 12.3 Å². The first kappa shape index (κ1) is 22.1. The summed E-state index contributed by atoms with van der Waals surface area (Å²) < 4.78 is 69.0. The molecule has 0 radical (unpaired) electrons. The van der Waals surface area contributed by atoms with Crippen molar-refractivity contribution in [2.75, 3.05) is 13.3 Å². The molecule has 0 fully saturated rings. The largest absolute Gasteiger partial charge is 0.573 e. The van der Waals surface area contributed by atoms with E-state index in [1.807, 2.05) is 0 Å². The van der Waals surface area contributed by atoms with Gasteiger partial charge in [0.15, 0.2) is 0 Å². The SMILES string of the molecule is O=C(O)c1cn(CC(=NOCCF)c2cccc(OC(F)(F)F)c2)c2ccc(F)cc12. The normalized spacial score (nSPS) is 12.2.